The van der Waals surface area contributed by atoms with Crippen molar-refractivity contribution in [1.82, 2.24) is 4.90 Å². The smallest absolute Gasteiger partial charge is 0.119 e. The summed E-state index contributed by atoms with van der Waals surface area (Å²) in [6.07, 6.45) is 0. The Kier molecular flexibility index (Phi) is 3.67. The maximum atomic E-state index is 5.44. The van der Waals surface area contributed by atoms with Crippen LogP contribution in [0.25, 0.3) is 0 Å². The van der Waals surface area contributed by atoms with E-state index in [1.165, 1.54) is 5.69 Å². The molecule has 0 aromatic heterocycles. The lowest BCUT2D eigenvalue weighted by molar-refractivity contribution is 0.312. The first kappa shape index (κ1) is 11.3. The standard InChI is InChI=1S/C13H20N2O/c1-3-16-13-6-4-12(5-7-13)15-10-8-14(2)9-11-15/h4-7H,3,8-11H2,1-2H3. The van der Waals surface area contributed by atoms with Crippen LogP contribution in [0.2, 0.25) is 0 Å². The molecule has 0 atom stereocenters. The van der Waals surface area contributed by atoms with E-state index in [9.17, 15) is 0 Å². The van der Waals surface area contributed by atoms with E-state index in [4.69, 9.17) is 4.74 Å². The number of likely N-dealkylation sites (N-methyl/N-ethyl adjacent to an activating group) is 1. The van der Waals surface area contributed by atoms with Crippen LogP contribution >= 0.6 is 0 Å². The number of hydrogen-bond donors (Lipinski definition) is 0. The van der Waals surface area contributed by atoms with E-state index in [-0.39, 0.29) is 0 Å². The van der Waals surface area contributed by atoms with Crippen LogP contribution in [0.4, 0.5) is 5.69 Å². The third-order valence-electron chi connectivity index (χ3n) is 3.02. The van der Waals surface area contributed by atoms with E-state index in [1.54, 1.807) is 0 Å². The zero-order valence-corrected chi connectivity index (χ0v) is 10.1. The number of piperazine rings is 1. The third-order valence-corrected chi connectivity index (χ3v) is 3.02. The normalized spacial score (nSPS) is 17.5. The zero-order valence-electron chi connectivity index (χ0n) is 10.1. The highest BCUT2D eigenvalue weighted by molar-refractivity contribution is 5.49. The SMILES string of the molecule is CCOc1ccc(N2CCN(C)CC2)cc1. The van der Waals surface area contributed by atoms with Gasteiger partial charge < -0.3 is 14.5 Å². The Morgan fingerprint density at radius 3 is 2.25 bits per heavy atom. The van der Waals surface area contributed by atoms with Crippen molar-refractivity contribution in [3.05, 3.63) is 24.3 Å². The summed E-state index contributed by atoms with van der Waals surface area (Å²) >= 11 is 0. The second-order valence-electron chi connectivity index (χ2n) is 4.22. The predicted octanol–water partition coefficient (Wildman–Crippen LogP) is 1.84. The van der Waals surface area contributed by atoms with Crippen LogP contribution in [-0.4, -0.2) is 44.7 Å². The maximum absolute atomic E-state index is 5.44. The number of ether oxygens (including phenoxy) is 1. The molecule has 0 aliphatic carbocycles. The summed E-state index contributed by atoms with van der Waals surface area (Å²) in [5.74, 6) is 0.959. The van der Waals surface area contributed by atoms with Crippen LogP contribution in [0.15, 0.2) is 24.3 Å². The number of benzene rings is 1. The molecule has 0 radical (unpaired) electrons. The molecule has 88 valence electrons. The molecule has 1 aliphatic heterocycles. The van der Waals surface area contributed by atoms with Crippen molar-refractivity contribution in [2.75, 3.05) is 44.7 Å². The molecule has 0 saturated carbocycles. The highest BCUT2D eigenvalue weighted by Crippen LogP contribution is 2.20. The zero-order chi connectivity index (χ0) is 11.4. The Hall–Kier alpha value is -1.22. The summed E-state index contributed by atoms with van der Waals surface area (Å²) in [6, 6.07) is 8.40. The van der Waals surface area contributed by atoms with Gasteiger partial charge in [0.2, 0.25) is 0 Å². The summed E-state index contributed by atoms with van der Waals surface area (Å²) in [6.45, 7) is 7.26. The van der Waals surface area contributed by atoms with E-state index in [1.807, 2.05) is 6.92 Å². The van der Waals surface area contributed by atoms with Crippen molar-refractivity contribution in [3.8, 4) is 5.75 Å². The summed E-state index contributed by atoms with van der Waals surface area (Å²) in [4.78, 5) is 4.79. The maximum Gasteiger partial charge on any atom is 0.119 e. The van der Waals surface area contributed by atoms with Crippen molar-refractivity contribution in [1.29, 1.82) is 0 Å². The summed E-state index contributed by atoms with van der Waals surface area (Å²) < 4.78 is 5.44. The van der Waals surface area contributed by atoms with E-state index in [0.29, 0.717) is 0 Å². The van der Waals surface area contributed by atoms with Crippen molar-refractivity contribution in [2.24, 2.45) is 0 Å². The number of hydrogen-bond acceptors (Lipinski definition) is 3. The van der Waals surface area contributed by atoms with Gasteiger partial charge in [-0.25, -0.2) is 0 Å². The average Bonchev–Trinajstić information content (AvgIpc) is 2.32. The lowest BCUT2D eigenvalue weighted by Crippen LogP contribution is -2.44. The highest BCUT2D eigenvalue weighted by Gasteiger charge is 2.13. The van der Waals surface area contributed by atoms with Gasteiger partial charge in [0, 0.05) is 31.9 Å². The minimum Gasteiger partial charge on any atom is -0.494 e. The van der Waals surface area contributed by atoms with Crippen molar-refractivity contribution < 1.29 is 4.74 Å². The molecular weight excluding hydrogens is 200 g/mol. The molecule has 16 heavy (non-hydrogen) atoms. The van der Waals surface area contributed by atoms with Crippen molar-refractivity contribution in [3.63, 3.8) is 0 Å². The minimum absolute atomic E-state index is 0.730. The molecule has 1 aromatic carbocycles. The van der Waals surface area contributed by atoms with Gasteiger partial charge in [0.05, 0.1) is 6.61 Å². The largest absolute Gasteiger partial charge is 0.494 e. The Bertz CT molecular complexity index is 315. The molecule has 1 saturated heterocycles. The second-order valence-corrected chi connectivity index (χ2v) is 4.22. The van der Waals surface area contributed by atoms with Crippen LogP contribution in [0, 0.1) is 0 Å². The molecule has 0 amide bonds. The molecule has 1 aliphatic rings. The molecule has 1 fully saturated rings. The molecule has 1 heterocycles. The summed E-state index contributed by atoms with van der Waals surface area (Å²) in [5.41, 5.74) is 1.30. The van der Waals surface area contributed by atoms with Gasteiger partial charge in [0.25, 0.3) is 0 Å². The molecule has 3 heteroatoms. The fourth-order valence-electron chi connectivity index (χ4n) is 1.98. The van der Waals surface area contributed by atoms with Gasteiger partial charge in [-0.05, 0) is 38.2 Å². The van der Waals surface area contributed by atoms with Crippen molar-refractivity contribution in [2.45, 2.75) is 6.92 Å². The van der Waals surface area contributed by atoms with E-state index in [0.717, 1.165) is 38.5 Å². The van der Waals surface area contributed by atoms with Gasteiger partial charge in [0.15, 0.2) is 0 Å². The average molecular weight is 220 g/mol. The fourth-order valence-corrected chi connectivity index (χ4v) is 1.98. The number of nitrogens with zero attached hydrogens (tertiary/aromatic N) is 2. The van der Waals surface area contributed by atoms with Crippen molar-refractivity contribution >= 4 is 5.69 Å². The van der Waals surface area contributed by atoms with Gasteiger partial charge in [-0.15, -0.1) is 0 Å². The molecule has 0 unspecified atom stereocenters. The first-order chi connectivity index (χ1) is 7.79. The Morgan fingerprint density at radius 1 is 1.06 bits per heavy atom. The topological polar surface area (TPSA) is 15.7 Å². The molecule has 2 rings (SSSR count). The monoisotopic (exact) mass is 220 g/mol. The molecule has 0 bridgehead atoms. The molecule has 3 nitrogen and oxygen atoms in total. The molecule has 1 aromatic rings. The van der Waals surface area contributed by atoms with Gasteiger partial charge >= 0.3 is 0 Å². The Morgan fingerprint density at radius 2 is 1.69 bits per heavy atom. The molecular formula is C13H20N2O. The van der Waals surface area contributed by atoms with Crippen LogP contribution < -0.4 is 9.64 Å². The van der Waals surface area contributed by atoms with Crippen LogP contribution in [0.1, 0.15) is 6.92 Å². The third kappa shape index (κ3) is 2.67. The second kappa shape index (κ2) is 5.21. The lowest BCUT2D eigenvalue weighted by Gasteiger charge is -2.34. The number of anilines is 1. The Balaban J connectivity index is 1.98. The highest BCUT2D eigenvalue weighted by atomic mass is 16.5. The van der Waals surface area contributed by atoms with Gasteiger partial charge in [-0.3, -0.25) is 0 Å². The number of rotatable bonds is 3. The van der Waals surface area contributed by atoms with Gasteiger partial charge in [-0.2, -0.15) is 0 Å². The summed E-state index contributed by atoms with van der Waals surface area (Å²) in [7, 11) is 2.18. The lowest BCUT2D eigenvalue weighted by atomic mass is 10.2. The van der Waals surface area contributed by atoms with Crippen LogP contribution in [0.3, 0.4) is 0 Å². The first-order valence-electron chi connectivity index (χ1n) is 5.96. The van der Waals surface area contributed by atoms with E-state index >= 15 is 0 Å². The van der Waals surface area contributed by atoms with Gasteiger partial charge in [-0.1, -0.05) is 0 Å². The summed E-state index contributed by atoms with van der Waals surface area (Å²) in [5, 5.41) is 0. The van der Waals surface area contributed by atoms with E-state index < -0.39 is 0 Å². The minimum atomic E-state index is 0.730. The predicted molar refractivity (Wildman–Crippen MR) is 67.3 cm³/mol. The molecule has 0 spiro atoms. The Labute approximate surface area is 97.6 Å². The van der Waals surface area contributed by atoms with Crippen LogP contribution in [-0.2, 0) is 0 Å². The fraction of sp³-hybridized carbons (Fsp3) is 0.538. The first-order valence-corrected chi connectivity index (χ1v) is 5.96. The quantitative estimate of drug-likeness (QED) is 0.773. The molecule has 0 N–H and O–H groups in total. The van der Waals surface area contributed by atoms with E-state index in [2.05, 4.69) is 41.1 Å². The van der Waals surface area contributed by atoms with Crippen LogP contribution in [0.5, 0.6) is 5.75 Å². The van der Waals surface area contributed by atoms with Gasteiger partial charge in [0.1, 0.15) is 5.75 Å².